The molecule has 1 aromatic rings. The lowest BCUT2D eigenvalue weighted by atomic mass is 10.2. The van der Waals surface area contributed by atoms with Crippen molar-refractivity contribution >= 4 is 21.7 Å². The molecular formula is C13H22BrN3. The zero-order chi connectivity index (χ0) is 12.8. The Hall–Kier alpha value is -0.610. The third kappa shape index (κ3) is 4.64. The van der Waals surface area contributed by atoms with Gasteiger partial charge in [-0.1, -0.05) is 13.8 Å². The van der Waals surface area contributed by atoms with E-state index >= 15 is 0 Å². The maximum atomic E-state index is 4.36. The van der Waals surface area contributed by atoms with Crippen LogP contribution in [0.15, 0.2) is 16.7 Å². The number of nitrogens with zero attached hydrogens (tertiary/aromatic N) is 2. The summed E-state index contributed by atoms with van der Waals surface area (Å²) in [5.74, 6) is 0.949. The zero-order valence-corrected chi connectivity index (χ0v) is 12.7. The van der Waals surface area contributed by atoms with Crippen molar-refractivity contribution in [2.75, 3.05) is 25.0 Å². The van der Waals surface area contributed by atoms with Crippen molar-refractivity contribution in [1.29, 1.82) is 0 Å². The summed E-state index contributed by atoms with van der Waals surface area (Å²) in [6.07, 6.45) is 1.85. The fourth-order valence-corrected chi connectivity index (χ4v) is 2.00. The molecule has 0 amide bonds. The van der Waals surface area contributed by atoms with Gasteiger partial charge in [0.25, 0.3) is 0 Å². The molecule has 0 spiro atoms. The van der Waals surface area contributed by atoms with Gasteiger partial charge >= 0.3 is 0 Å². The highest BCUT2D eigenvalue weighted by atomic mass is 79.9. The van der Waals surface area contributed by atoms with Gasteiger partial charge in [0.2, 0.25) is 0 Å². The molecule has 0 saturated carbocycles. The van der Waals surface area contributed by atoms with Crippen LogP contribution in [0.25, 0.3) is 0 Å². The molecule has 96 valence electrons. The molecule has 0 fully saturated rings. The summed E-state index contributed by atoms with van der Waals surface area (Å²) in [6.45, 7) is 11.9. The quantitative estimate of drug-likeness (QED) is 0.874. The standard InChI is InChI=1S/C13H22BrN3/c1-5-17(6-2)9-11(4)16-13-7-10(3)12(14)8-15-13/h7-8,11H,5-6,9H2,1-4H3,(H,15,16). The molecule has 1 heterocycles. The lowest BCUT2D eigenvalue weighted by molar-refractivity contribution is 0.294. The van der Waals surface area contributed by atoms with Gasteiger partial charge in [-0.05, 0) is 54.5 Å². The third-order valence-corrected chi connectivity index (χ3v) is 3.70. The average Bonchev–Trinajstić information content (AvgIpc) is 2.31. The van der Waals surface area contributed by atoms with Crippen molar-refractivity contribution in [2.24, 2.45) is 0 Å². The summed E-state index contributed by atoms with van der Waals surface area (Å²) in [6, 6.07) is 2.48. The van der Waals surface area contributed by atoms with E-state index in [-0.39, 0.29) is 0 Å². The lowest BCUT2D eigenvalue weighted by Crippen LogP contribution is -2.34. The molecule has 0 bridgehead atoms. The Morgan fingerprint density at radius 1 is 1.41 bits per heavy atom. The van der Waals surface area contributed by atoms with Crippen LogP contribution in [-0.2, 0) is 0 Å². The molecule has 0 aliphatic carbocycles. The molecule has 1 unspecified atom stereocenters. The normalized spacial score (nSPS) is 12.8. The first-order chi connectivity index (χ1) is 8.06. The molecule has 1 N–H and O–H groups in total. The van der Waals surface area contributed by atoms with E-state index in [1.807, 2.05) is 6.20 Å². The minimum atomic E-state index is 0.406. The maximum Gasteiger partial charge on any atom is 0.126 e. The second kappa shape index (κ2) is 6.97. The number of anilines is 1. The first kappa shape index (κ1) is 14.5. The Bertz CT molecular complexity index is 351. The summed E-state index contributed by atoms with van der Waals surface area (Å²) < 4.78 is 1.06. The van der Waals surface area contributed by atoms with Gasteiger partial charge in [0.1, 0.15) is 5.82 Å². The van der Waals surface area contributed by atoms with Crippen molar-refractivity contribution in [3.05, 3.63) is 22.3 Å². The first-order valence-corrected chi connectivity index (χ1v) is 6.97. The van der Waals surface area contributed by atoms with E-state index < -0.39 is 0 Å². The van der Waals surface area contributed by atoms with E-state index in [1.165, 1.54) is 5.56 Å². The molecule has 1 rings (SSSR count). The van der Waals surface area contributed by atoms with Crippen molar-refractivity contribution in [3.63, 3.8) is 0 Å². The third-order valence-electron chi connectivity index (χ3n) is 2.87. The maximum absolute atomic E-state index is 4.36. The minimum absolute atomic E-state index is 0.406. The topological polar surface area (TPSA) is 28.2 Å². The van der Waals surface area contributed by atoms with Crippen molar-refractivity contribution in [1.82, 2.24) is 9.88 Å². The zero-order valence-electron chi connectivity index (χ0n) is 11.1. The molecule has 1 aromatic heterocycles. The van der Waals surface area contributed by atoms with Gasteiger partial charge in [0.15, 0.2) is 0 Å². The fourth-order valence-electron chi connectivity index (χ4n) is 1.79. The Morgan fingerprint density at radius 2 is 2.06 bits per heavy atom. The second-order valence-corrected chi connectivity index (χ2v) is 5.20. The van der Waals surface area contributed by atoms with Gasteiger partial charge in [-0.25, -0.2) is 4.98 Å². The highest BCUT2D eigenvalue weighted by Crippen LogP contribution is 2.17. The van der Waals surface area contributed by atoms with Gasteiger partial charge in [-0.3, -0.25) is 0 Å². The second-order valence-electron chi connectivity index (χ2n) is 4.35. The molecule has 1 atom stereocenters. The van der Waals surface area contributed by atoms with Gasteiger partial charge in [-0.15, -0.1) is 0 Å². The molecule has 17 heavy (non-hydrogen) atoms. The Kier molecular flexibility index (Phi) is 5.92. The average molecular weight is 300 g/mol. The molecule has 0 aliphatic rings. The van der Waals surface area contributed by atoms with Crippen molar-refractivity contribution in [2.45, 2.75) is 33.7 Å². The number of aromatic nitrogens is 1. The summed E-state index contributed by atoms with van der Waals surface area (Å²) in [5.41, 5.74) is 1.21. The van der Waals surface area contributed by atoms with E-state index in [0.717, 1.165) is 29.9 Å². The molecule has 4 heteroatoms. The summed E-state index contributed by atoms with van der Waals surface area (Å²) in [4.78, 5) is 6.77. The van der Waals surface area contributed by atoms with Crippen molar-refractivity contribution in [3.8, 4) is 0 Å². The predicted molar refractivity (Wildman–Crippen MR) is 77.5 cm³/mol. The first-order valence-electron chi connectivity index (χ1n) is 6.17. The summed E-state index contributed by atoms with van der Waals surface area (Å²) >= 11 is 3.46. The van der Waals surface area contributed by atoms with Crippen LogP contribution in [0.5, 0.6) is 0 Å². The SMILES string of the molecule is CCN(CC)CC(C)Nc1cc(C)c(Br)cn1. The molecule has 0 aromatic carbocycles. The number of hydrogen-bond donors (Lipinski definition) is 1. The molecule has 3 nitrogen and oxygen atoms in total. The number of hydrogen-bond acceptors (Lipinski definition) is 3. The number of halogens is 1. The van der Waals surface area contributed by atoms with Gasteiger partial charge in [0.05, 0.1) is 0 Å². The van der Waals surface area contributed by atoms with E-state index in [9.17, 15) is 0 Å². The van der Waals surface area contributed by atoms with Crippen molar-refractivity contribution < 1.29 is 0 Å². The van der Waals surface area contributed by atoms with E-state index in [2.05, 4.69) is 64.9 Å². The van der Waals surface area contributed by atoms with Crippen LogP contribution in [0.4, 0.5) is 5.82 Å². The van der Waals surface area contributed by atoms with E-state index in [0.29, 0.717) is 6.04 Å². The van der Waals surface area contributed by atoms with Gasteiger partial charge in [0, 0.05) is 23.3 Å². The van der Waals surface area contributed by atoms with Gasteiger partial charge in [-0.2, -0.15) is 0 Å². The minimum Gasteiger partial charge on any atom is -0.366 e. The predicted octanol–water partition coefficient (Wildman–Crippen LogP) is 3.29. The van der Waals surface area contributed by atoms with E-state index in [1.54, 1.807) is 0 Å². The smallest absolute Gasteiger partial charge is 0.126 e. The highest BCUT2D eigenvalue weighted by molar-refractivity contribution is 9.10. The Balaban J connectivity index is 2.55. The fraction of sp³-hybridized carbons (Fsp3) is 0.615. The van der Waals surface area contributed by atoms with Crippen LogP contribution in [0.3, 0.4) is 0 Å². The monoisotopic (exact) mass is 299 g/mol. The summed E-state index contributed by atoms with van der Waals surface area (Å²) in [7, 11) is 0. The molecule has 0 saturated heterocycles. The number of pyridine rings is 1. The largest absolute Gasteiger partial charge is 0.366 e. The molecule has 0 aliphatic heterocycles. The Labute approximate surface area is 113 Å². The van der Waals surface area contributed by atoms with Crippen LogP contribution in [0.1, 0.15) is 26.3 Å². The lowest BCUT2D eigenvalue weighted by Gasteiger charge is -2.23. The van der Waals surface area contributed by atoms with Crippen LogP contribution >= 0.6 is 15.9 Å². The Morgan fingerprint density at radius 3 is 2.59 bits per heavy atom. The van der Waals surface area contributed by atoms with Crippen LogP contribution in [0, 0.1) is 6.92 Å². The van der Waals surface area contributed by atoms with Crippen LogP contribution in [0.2, 0.25) is 0 Å². The highest BCUT2D eigenvalue weighted by Gasteiger charge is 2.08. The number of likely N-dealkylation sites (N-methyl/N-ethyl adjacent to an activating group) is 1. The van der Waals surface area contributed by atoms with Crippen LogP contribution < -0.4 is 5.32 Å². The van der Waals surface area contributed by atoms with Gasteiger partial charge < -0.3 is 10.2 Å². The number of rotatable bonds is 6. The number of aryl methyl sites for hydroxylation is 1. The number of nitrogens with one attached hydrogen (secondary N) is 1. The van der Waals surface area contributed by atoms with E-state index in [4.69, 9.17) is 0 Å². The molecular weight excluding hydrogens is 278 g/mol. The summed E-state index contributed by atoms with van der Waals surface area (Å²) in [5, 5.41) is 3.44. The molecule has 0 radical (unpaired) electrons. The van der Waals surface area contributed by atoms with Crippen LogP contribution in [-0.4, -0.2) is 35.6 Å².